The molecule has 0 aliphatic carbocycles. The van der Waals surface area contributed by atoms with Crippen molar-refractivity contribution in [2.45, 2.75) is 39.7 Å². The minimum absolute atomic E-state index is 0.00331. The molecule has 0 saturated carbocycles. The van der Waals surface area contributed by atoms with Crippen LogP contribution in [0.25, 0.3) is 6.08 Å². The van der Waals surface area contributed by atoms with Gasteiger partial charge in [-0.15, -0.1) is 0 Å². The summed E-state index contributed by atoms with van der Waals surface area (Å²) in [7, 11) is 1.58. The molecule has 1 atom stereocenters. The third-order valence-electron chi connectivity index (χ3n) is 7.74. The number of carbonyl (C=O) groups is 2. The topological polar surface area (TPSA) is 93.4 Å². The van der Waals surface area contributed by atoms with E-state index >= 15 is 0 Å². The van der Waals surface area contributed by atoms with Gasteiger partial charge in [0.25, 0.3) is 17.4 Å². The molecule has 0 bridgehead atoms. The number of benzene rings is 2. The molecule has 2 aromatic carbocycles. The molecule has 1 fully saturated rings. The van der Waals surface area contributed by atoms with Crippen LogP contribution in [0.1, 0.15) is 50.8 Å². The molecule has 0 radical (unpaired) electrons. The molecule has 1 aromatic heterocycles. The number of fused-ring (bicyclic) bond motifs is 1. The second-order valence-corrected chi connectivity index (χ2v) is 11.3. The van der Waals surface area contributed by atoms with Crippen molar-refractivity contribution in [1.29, 1.82) is 0 Å². The quantitative estimate of drug-likeness (QED) is 0.383. The number of hydrogen-bond acceptors (Lipinski definition) is 7. The van der Waals surface area contributed by atoms with Crippen molar-refractivity contribution in [3.05, 3.63) is 90.6 Å². The van der Waals surface area contributed by atoms with Crippen LogP contribution in [0.4, 0.5) is 0 Å². The molecule has 2 aliphatic rings. The molecule has 3 heterocycles. The van der Waals surface area contributed by atoms with Crippen molar-refractivity contribution in [3.63, 3.8) is 0 Å². The van der Waals surface area contributed by atoms with Gasteiger partial charge in [0.15, 0.2) is 11.4 Å². The van der Waals surface area contributed by atoms with Crippen LogP contribution in [0.5, 0.6) is 11.5 Å². The fourth-order valence-electron chi connectivity index (χ4n) is 5.48. The van der Waals surface area contributed by atoms with Crippen molar-refractivity contribution in [2.24, 2.45) is 4.99 Å². The lowest BCUT2D eigenvalue weighted by Crippen LogP contribution is -2.43. The summed E-state index contributed by atoms with van der Waals surface area (Å²) in [6.45, 7) is 8.38. The Morgan fingerprint density at radius 1 is 1.07 bits per heavy atom. The monoisotopic (exact) mass is 588 g/mol. The molecular formula is C32H36N4O5S. The van der Waals surface area contributed by atoms with Crippen LogP contribution >= 0.6 is 11.3 Å². The average Bonchev–Trinajstić information content (AvgIpc) is 3.65. The molecule has 9 nitrogen and oxygen atoms in total. The Bertz CT molecular complexity index is 1680. The second kappa shape index (κ2) is 12.8. The van der Waals surface area contributed by atoms with E-state index in [1.54, 1.807) is 28.7 Å². The third kappa shape index (κ3) is 5.76. The molecule has 220 valence electrons. The highest BCUT2D eigenvalue weighted by atomic mass is 32.1. The Morgan fingerprint density at radius 3 is 2.43 bits per heavy atom. The van der Waals surface area contributed by atoms with Gasteiger partial charge < -0.3 is 19.3 Å². The number of para-hydroxylation sites is 1. The minimum atomic E-state index is -0.684. The van der Waals surface area contributed by atoms with Gasteiger partial charge >= 0.3 is 0 Å². The number of likely N-dealkylation sites (N-methyl/N-ethyl adjacent to an activating group) is 1. The number of rotatable bonds is 9. The zero-order valence-electron chi connectivity index (χ0n) is 24.5. The maximum atomic E-state index is 14.0. The van der Waals surface area contributed by atoms with E-state index in [9.17, 15) is 14.4 Å². The van der Waals surface area contributed by atoms with E-state index in [0.717, 1.165) is 37.1 Å². The van der Waals surface area contributed by atoms with Gasteiger partial charge in [-0.1, -0.05) is 41.7 Å². The summed E-state index contributed by atoms with van der Waals surface area (Å²) in [5.41, 5.74) is 2.35. The molecule has 2 aliphatic heterocycles. The Morgan fingerprint density at radius 2 is 1.76 bits per heavy atom. The zero-order valence-corrected chi connectivity index (χ0v) is 25.3. The first-order valence-electron chi connectivity index (χ1n) is 14.3. The Labute approximate surface area is 249 Å². The van der Waals surface area contributed by atoms with Crippen molar-refractivity contribution in [2.75, 3.05) is 39.9 Å². The SMILES string of the molecule is CCN(CC)C(=O)C1=C(C)N=c2s/c(=C\c3ccc(OCC(=O)N4CCCC4)cc3)c(=O)n2[C@H]1c1ccccc1OC. The van der Waals surface area contributed by atoms with Crippen molar-refractivity contribution in [1.82, 2.24) is 14.4 Å². The van der Waals surface area contributed by atoms with Gasteiger partial charge in [0.2, 0.25) is 0 Å². The fraction of sp³-hybridized carbons (Fsp3) is 0.375. The van der Waals surface area contributed by atoms with Gasteiger partial charge in [0, 0.05) is 31.7 Å². The number of hydrogen-bond donors (Lipinski definition) is 0. The number of aromatic nitrogens is 1. The average molecular weight is 589 g/mol. The molecule has 3 aromatic rings. The highest BCUT2D eigenvalue weighted by Gasteiger charge is 2.35. The first kappa shape index (κ1) is 29.3. The molecule has 0 N–H and O–H groups in total. The summed E-state index contributed by atoms with van der Waals surface area (Å²) >= 11 is 1.29. The highest BCUT2D eigenvalue weighted by Crippen LogP contribution is 2.36. The summed E-state index contributed by atoms with van der Waals surface area (Å²) in [5, 5.41) is 0. The standard InChI is InChI=1S/C32H36N4O5S/c1-5-34(6-2)31(39)28-21(3)33-32-36(29(28)24-11-7-8-12-25(24)40-4)30(38)26(42-32)19-22-13-15-23(16-14-22)41-20-27(37)35-17-9-10-18-35/h7-8,11-16,19,29H,5-6,9-10,17-18,20H2,1-4H3/b26-19-/t29-/m0/s1. The Hall–Kier alpha value is -4.18. The van der Waals surface area contributed by atoms with Crippen LogP contribution in [0.15, 0.2) is 69.6 Å². The minimum Gasteiger partial charge on any atom is -0.496 e. The maximum absolute atomic E-state index is 14.0. The van der Waals surface area contributed by atoms with Crippen molar-refractivity contribution >= 4 is 29.2 Å². The van der Waals surface area contributed by atoms with Crippen molar-refractivity contribution < 1.29 is 19.1 Å². The molecule has 5 rings (SSSR count). The third-order valence-corrected chi connectivity index (χ3v) is 8.72. The van der Waals surface area contributed by atoms with Crippen LogP contribution in [0, 0.1) is 0 Å². The van der Waals surface area contributed by atoms with E-state index in [0.29, 0.717) is 45.2 Å². The number of thiazole rings is 1. The maximum Gasteiger partial charge on any atom is 0.271 e. The summed E-state index contributed by atoms with van der Waals surface area (Å²) in [4.78, 5) is 48.9. The van der Waals surface area contributed by atoms with Crippen molar-refractivity contribution in [3.8, 4) is 11.5 Å². The molecule has 10 heteroatoms. The number of amides is 2. The number of nitrogens with zero attached hydrogens (tertiary/aromatic N) is 4. The lowest BCUT2D eigenvalue weighted by Gasteiger charge is -2.29. The van der Waals surface area contributed by atoms with E-state index in [1.807, 2.05) is 68.1 Å². The Balaban J connectivity index is 1.51. The van der Waals surface area contributed by atoms with Crippen LogP contribution in [0.3, 0.4) is 0 Å². The van der Waals surface area contributed by atoms with Gasteiger partial charge in [0.05, 0.1) is 22.9 Å². The summed E-state index contributed by atoms with van der Waals surface area (Å²) in [6, 6.07) is 14.1. The highest BCUT2D eigenvalue weighted by molar-refractivity contribution is 7.07. The van der Waals surface area contributed by atoms with E-state index in [1.165, 1.54) is 11.3 Å². The predicted molar refractivity (Wildman–Crippen MR) is 162 cm³/mol. The zero-order chi connectivity index (χ0) is 29.8. The van der Waals surface area contributed by atoms with Crippen LogP contribution < -0.4 is 24.4 Å². The lowest BCUT2D eigenvalue weighted by atomic mass is 9.94. The predicted octanol–water partition coefficient (Wildman–Crippen LogP) is 3.11. The number of allylic oxidation sites excluding steroid dienone is 1. The number of ether oxygens (including phenoxy) is 2. The molecule has 1 saturated heterocycles. The van der Waals surface area contributed by atoms with Gasteiger partial charge in [-0.05, 0) is 63.5 Å². The van der Waals surface area contributed by atoms with Crippen LogP contribution in [0.2, 0.25) is 0 Å². The molecule has 2 amide bonds. The van der Waals surface area contributed by atoms with Gasteiger partial charge in [-0.25, -0.2) is 4.99 Å². The summed E-state index contributed by atoms with van der Waals surface area (Å²) < 4.78 is 13.5. The first-order chi connectivity index (χ1) is 20.4. The lowest BCUT2D eigenvalue weighted by molar-refractivity contribution is -0.132. The van der Waals surface area contributed by atoms with Gasteiger partial charge in [-0.2, -0.15) is 0 Å². The number of carbonyl (C=O) groups excluding carboxylic acids is 2. The number of methoxy groups -OCH3 is 1. The van der Waals surface area contributed by atoms with E-state index < -0.39 is 6.04 Å². The largest absolute Gasteiger partial charge is 0.496 e. The van der Waals surface area contributed by atoms with Gasteiger partial charge in [0.1, 0.15) is 17.5 Å². The second-order valence-electron chi connectivity index (χ2n) is 10.2. The molecule has 0 unspecified atom stereocenters. The fourth-order valence-corrected chi connectivity index (χ4v) is 6.52. The molecular weight excluding hydrogens is 552 g/mol. The molecule has 42 heavy (non-hydrogen) atoms. The first-order valence-corrected chi connectivity index (χ1v) is 15.1. The van der Waals surface area contributed by atoms with E-state index in [2.05, 4.69) is 0 Å². The normalized spacial score (nSPS) is 16.7. The smallest absolute Gasteiger partial charge is 0.271 e. The number of likely N-dealkylation sites (tertiary alicyclic amines) is 1. The van der Waals surface area contributed by atoms with Gasteiger partial charge in [-0.3, -0.25) is 19.0 Å². The summed E-state index contributed by atoms with van der Waals surface area (Å²) in [6.07, 6.45) is 3.89. The molecule has 0 spiro atoms. The van der Waals surface area contributed by atoms with E-state index in [4.69, 9.17) is 14.5 Å². The Kier molecular flexibility index (Phi) is 8.91. The van der Waals surface area contributed by atoms with E-state index in [-0.39, 0.29) is 24.0 Å². The van der Waals surface area contributed by atoms with Crippen LogP contribution in [-0.4, -0.2) is 66.1 Å². The summed E-state index contributed by atoms with van der Waals surface area (Å²) in [5.74, 6) is 1.03. The van der Waals surface area contributed by atoms with Crippen LogP contribution in [-0.2, 0) is 9.59 Å².